The molecule has 0 saturated heterocycles. The van der Waals surface area contributed by atoms with Crippen molar-refractivity contribution >= 4 is 24.8 Å². The molecule has 45 heavy (non-hydrogen) atoms. The summed E-state index contributed by atoms with van der Waals surface area (Å²) in [5, 5.41) is 0. The van der Waals surface area contributed by atoms with Crippen LogP contribution in [0.3, 0.4) is 0 Å². The third kappa shape index (κ3) is 6.74. The quantitative estimate of drug-likeness (QED) is 0.137. The molecule has 0 unspecified atom stereocenters. The van der Waals surface area contributed by atoms with Crippen LogP contribution in [0.5, 0.6) is 0 Å². The molecule has 0 atom stereocenters. The van der Waals surface area contributed by atoms with Gasteiger partial charge >= 0.3 is 272 Å². The summed E-state index contributed by atoms with van der Waals surface area (Å²) < 4.78 is 3.49. The Balaban J connectivity index is 0.00000230. The molecule has 0 saturated carbocycles. The van der Waals surface area contributed by atoms with E-state index in [2.05, 4.69) is 159 Å². The standard InChI is InChI=1S/2C21H21.2ClH.Zr/c2*1-2-17-21(20-15-9-10-16-20,18-11-5-3-6-12-18)19-13-7-4-8-14-19;;;/h2*3-9,11-15H,2,10,17H2,1H3;2*1H;. The summed E-state index contributed by atoms with van der Waals surface area (Å²) in [7, 11) is 0. The third-order valence-corrected chi connectivity index (χ3v) is 13.2. The molecule has 0 nitrogen and oxygen atoms in total. The van der Waals surface area contributed by atoms with E-state index in [1.807, 2.05) is 0 Å². The third-order valence-electron chi connectivity index (χ3n) is 9.40. The fourth-order valence-electron chi connectivity index (χ4n) is 7.67. The minimum Gasteiger partial charge on any atom is -0.147 e. The van der Waals surface area contributed by atoms with Gasteiger partial charge in [-0.1, -0.05) is 0 Å². The molecule has 0 fully saturated rings. The van der Waals surface area contributed by atoms with Crippen molar-refractivity contribution in [1.29, 1.82) is 0 Å². The largest absolute Gasteiger partial charge is 0.147 e. The zero-order chi connectivity index (χ0) is 29.5. The summed E-state index contributed by atoms with van der Waals surface area (Å²) >= 11 is -1.10. The first-order valence-corrected chi connectivity index (χ1v) is 18.5. The monoisotopic (exact) mass is 708 g/mol. The smallest absolute Gasteiger partial charge is 0.147 e. The van der Waals surface area contributed by atoms with Crippen LogP contribution in [0.2, 0.25) is 0 Å². The Bertz CT molecular complexity index is 1430. The summed E-state index contributed by atoms with van der Waals surface area (Å²) in [6, 6.07) is 45.3. The van der Waals surface area contributed by atoms with Gasteiger partial charge in [0, 0.05) is 0 Å². The molecule has 0 radical (unpaired) electrons. The van der Waals surface area contributed by atoms with Gasteiger partial charge in [0.2, 0.25) is 0 Å². The first-order valence-electron chi connectivity index (χ1n) is 16.0. The van der Waals surface area contributed by atoms with Gasteiger partial charge in [0.1, 0.15) is 0 Å². The van der Waals surface area contributed by atoms with Crippen molar-refractivity contribution < 1.29 is 23.2 Å². The van der Waals surface area contributed by atoms with E-state index in [-0.39, 0.29) is 35.6 Å². The molecule has 0 N–H and O–H groups in total. The topological polar surface area (TPSA) is 0 Å². The number of rotatable bonds is 12. The van der Waals surface area contributed by atoms with Crippen molar-refractivity contribution in [2.24, 2.45) is 0 Å². The Kier molecular flexibility index (Phi) is 12.7. The van der Waals surface area contributed by atoms with Crippen molar-refractivity contribution in [2.75, 3.05) is 0 Å². The summed E-state index contributed by atoms with van der Waals surface area (Å²) in [4.78, 5) is 0. The molecule has 4 aromatic rings. The van der Waals surface area contributed by atoms with Crippen LogP contribution in [-0.2, 0) is 34.1 Å². The van der Waals surface area contributed by atoms with E-state index in [9.17, 15) is 0 Å². The fraction of sp³-hybridized carbons (Fsp3) is 0.238. The average Bonchev–Trinajstić information content (AvgIpc) is 3.75. The van der Waals surface area contributed by atoms with Crippen molar-refractivity contribution in [2.45, 2.75) is 63.2 Å². The van der Waals surface area contributed by atoms with Crippen LogP contribution in [0.25, 0.3) is 0 Å². The predicted octanol–water partition coefficient (Wildman–Crippen LogP) is 11.9. The Morgan fingerprint density at radius 2 is 0.756 bits per heavy atom. The number of hydrogen-bond acceptors (Lipinski definition) is 0. The molecule has 2 aliphatic carbocycles. The molecule has 0 heterocycles. The summed E-state index contributed by atoms with van der Waals surface area (Å²) in [5.41, 5.74) is 8.63. The first-order chi connectivity index (χ1) is 21.2. The van der Waals surface area contributed by atoms with E-state index in [0.717, 1.165) is 38.5 Å². The van der Waals surface area contributed by atoms with Crippen LogP contribution in [0.4, 0.5) is 0 Å². The minimum absolute atomic E-state index is 0. The Morgan fingerprint density at radius 1 is 0.467 bits per heavy atom. The number of hydrogen-bond donors (Lipinski definition) is 0. The van der Waals surface area contributed by atoms with Crippen LogP contribution in [-0.4, -0.2) is 0 Å². The Labute approximate surface area is 294 Å². The molecule has 4 aromatic carbocycles. The van der Waals surface area contributed by atoms with Crippen molar-refractivity contribution in [3.05, 3.63) is 186 Å². The van der Waals surface area contributed by atoms with E-state index in [1.165, 1.54) is 22.3 Å². The maximum Gasteiger partial charge on any atom is -0.147 e. The zero-order valence-electron chi connectivity index (χ0n) is 26.4. The van der Waals surface area contributed by atoms with E-state index in [1.54, 1.807) is 17.7 Å². The molecule has 2 aliphatic rings. The Morgan fingerprint density at radius 3 is 1.02 bits per heavy atom. The van der Waals surface area contributed by atoms with Gasteiger partial charge in [-0.2, -0.15) is 0 Å². The number of allylic oxidation sites excluding steroid dienone is 8. The second-order valence-corrected chi connectivity index (χ2v) is 15.5. The van der Waals surface area contributed by atoms with Gasteiger partial charge in [-0.15, -0.1) is 24.8 Å². The van der Waals surface area contributed by atoms with Gasteiger partial charge in [0.25, 0.3) is 0 Å². The molecule has 0 spiro atoms. The van der Waals surface area contributed by atoms with Gasteiger partial charge in [-0.25, -0.2) is 0 Å². The molecule has 230 valence electrons. The predicted molar refractivity (Wildman–Crippen MR) is 193 cm³/mol. The van der Waals surface area contributed by atoms with Gasteiger partial charge < -0.3 is 0 Å². The molecule has 0 bridgehead atoms. The fourth-order valence-corrected chi connectivity index (χ4v) is 11.8. The SMILES string of the molecule is CCCC(C1=[C]([Zr][C]2=C(C(CCC)(c3ccccc3)c3ccccc3)C=CC2)CC=C1)(c1ccccc1)c1ccccc1.Cl.Cl. The van der Waals surface area contributed by atoms with E-state index >= 15 is 0 Å². The van der Waals surface area contributed by atoms with Crippen molar-refractivity contribution in [1.82, 2.24) is 0 Å². The molecule has 0 amide bonds. The van der Waals surface area contributed by atoms with Crippen LogP contribution in [0.15, 0.2) is 163 Å². The van der Waals surface area contributed by atoms with E-state index < -0.39 is 23.2 Å². The van der Waals surface area contributed by atoms with Gasteiger partial charge in [-0.3, -0.25) is 0 Å². The van der Waals surface area contributed by atoms with Gasteiger partial charge in [0.15, 0.2) is 0 Å². The van der Waals surface area contributed by atoms with Gasteiger partial charge in [-0.05, 0) is 0 Å². The minimum atomic E-state index is -1.10. The van der Waals surface area contributed by atoms with Crippen molar-refractivity contribution in [3.8, 4) is 0 Å². The van der Waals surface area contributed by atoms with Crippen LogP contribution in [0.1, 0.15) is 74.6 Å². The second kappa shape index (κ2) is 16.2. The van der Waals surface area contributed by atoms with Crippen LogP contribution in [0, 0.1) is 0 Å². The first kappa shape index (κ1) is 35.2. The summed E-state index contributed by atoms with van der Waals surface area (Å²) in [6.45, 7) is 4.69. The number of halogens is 2. The second-order valence-electron chi connectivity index (χ2n) is 11.9. The summed E-state index contributed by atoms with van der Waals surface area (Å²) in [6.07, 6.45) is 16.6. The Hall–Kier alpha value is -2.70. The maximum absolute atomic E-state index is 2.50. The molecular formula is C42H44Cl2Zr. The van der Waals surface area contributed by atoms with Crippen molar-refractivity contribution in [3.63, 3.8) is 0 Å². The normalized spacial score (nSPS) is 14.4. The van der Waals surface area contributed by atoms with E-state index in [4.69, 9.17) is 0 Å². The molecule has 6 rings (SSSR count). The van der Waals surface area contributed by atoms with Gasteiger partial charge in [0.05, 0.1) is 0 Å². The summed E-state index contributed by atoms with van der Waals surface area (Å²) in [5.74, 6) is 0. The maximum atomic E-state index is 2.50. The molecular weight excluding hydrogens is 667 g/mol. The van der Waals surface area contributed by atoms with Crippen LogP contribution >= 0.6 is 24.8 Å². The van der Waals surface area contributed by atoms with E-state index in [0.29, 0.717) is 0 Å². The molecule has 3 heteroatoms. The average molecular weight is 711 g/mol. The molecule has 0 aromatic heterocycles. The van der Waals surface area contributed by atoms with Crippen LogP contribution < -0.4 is 0 Å². The number of benzene rings is 4. The zero-order valence-corrected chi connectivity index (χ0v) is 30.5. The molecule has 0 aliphatic heterocycles.